The van der Waals surface area contributed by atoms with Gasteiger partial charge in [0, 0.05) is 6.42 Å². The third kappa shape index (κ3) is 7.31. The SMILES string of the molecule is C=CCOC(=O)[C@H](Cc1ccc(O)cc1)NC(=O)C1(NC(=O)OC(C)(C)C)CCCC1. The number of benzene rings is 1. The van der Waals surface area contributed by atoms with Gasteiger partial charge in [-0.1, -0.05) is 37.6 Å². The van der Waals surface area contributed by atoms with Crippen LogP contribution >= 0.6 is 0 Å². The minimum atomic E-state index is -1.14. The Balaban J connectivity index is 2.18. The Morgan fingerprint density at radius 1 is 1.19 bits per heavy atom. The molecule has 0 radical (unpaired) electrons. The molecule has 0 spiro atoms. The number of phenolic OH excluding ortho intramolecular Hbond substituents is 1. The molecule has 0 aliphatic heterocycles. The highest BCUT2D eigenvalue weighted by atomic mass is 16.6. The van der Waals surface area contributed by atoms with E-state index in [2.05, 4.69) is 17.2 Å². The van der Waals surface area contributed by atoms with Crippen LogP contribution in [0.4, 0.5) is 4.79 Å². The van der Waals surface area contributed by atoms with Crippen LogP contribution in [-0.2, 0) is 25.5 Å². The smallest absolute Gasteiger partial charge is 0.408 e. The first-order valence-corrected chi connectivity index (χ1v) is 10.4. The van der Waals surface area contributed by atoms with E-state index in [1.165, 1.54) is 18.2 Å². The number of carbonyl (C=O) groups excluding carboxylic acids is 3. The van der Waals surface area contributed by atoms with Crippen molar-refractivity contribution in [2.45, 2.75) is 70.1 Å². The first kappa shape index (κ1) is 24.2. The lowest BCUT2D eigenvalue weighted by Crippen LogP contribution is -2.60. The van der Waals surface area contributed by atoms with Gasteiger partial charge < -0.3 is 25.2 Å². The van der Waals surface area contributed by atoms with E-state index in [1.54, 1.807) is 32.9 Å². The van der Waals surface area contributed by atoms with Gasteiger partial charge in [-0.05, 0) is 51.3 Å². The minimum Gasteiger partial charge on any atom is -0.508 e. The predicted molar refractivity (Wildman–Crippen MR) is 115 cm³/mol. The van der Waals surface area contributed by atoms with Crippen molar-refractivity contribution in [3.05, 3.63) is 42.5 Å². The summed E-state index contributed by atoms with van der Waals surface area (Å²) in [6, 6.07) is 5.38. The molecule has 0 heterocycles. The number of aromatic hydroxyl groups is 1. The van der Waals surface area contributed by atoms with Crippen LogP contribution in [0.1, 0.15) is 52.0 Å². The van der Waals surface area contributed by atoms with Gasteiger partial charge in [0.25, 0.3) is 0 Å². The van der Waals surface area contributed by atoms with Crippen LogP contribution in [0.25, 0.3) is 0 Å². The molecule has 1 aliphatic rings. The van der Waals surface area contributed by atoms with Gasteiger partial charge in [-0.15, -0.1) is 0 Å². The van der Waals surface area contributed by atoms with E-state index >= 15 is 0 Å². The summed E-state index contributed by atoms with van der Waals surface area (Å²) < 4.78 is 10.5. The predicted octanol–water partition coefficient (Wildman–Crippen LogP) is 2.99. The first-order valence-electron chi connectivity index (χ1n) is 10.4. The highest BCUT2D eigenvalue weighted by Gasteiger charge is 2.44. The lowest BCUT2D eigenvalue weighted by Gasteiger charge is -2.32. The van der Waals surface area contributed by atoms with Crippen molar-refractivity contribution >= 4 is 18.0 Å². The van der Waals surface area contributed by atoms with Crippen LogP contribution < -0.4 is 10.6 Å². The van der Waals surface area contributed by atoms with Crippen LogP contribution in [0, 0.1) is 0 Å². The summed E-state index contributed by atoms with van der Waals surface area (Å²) >= 11 is 0. The maximum atomic E-state index is 13.3. The molecule has 1 saturated carbocycles. The Kier molecular flexibility index (Phi) is 8.08. The minimum absolute atomic E-state index is 0.0160. The second-order valence-electron chi connectivity index (χ2n) is 8.73. The average Bonchev–Trinajstić information content (AvgIpc) is 3.15. The molecule has 1 aromatic carbocycles. The quantitative estimate of drug-likeness (QED) is 0.430. The monoisotopic (exact) mass is 432 g/mol. The number of ether oxygens (including phenoxy) is 2. The summed E-state index contributed by atoms with van der Waals surface area (Å²) in [7, 11) is 0. The van der Waals surface area contributed by atoms with Crippen molar-refractivity contribution in [1.29, 1.82) is 0 Å². The van der Waals surface area contributed by atoms with E-state index in [9.17, 15) is 19.5 Å². The molecule has 1 aromatic rings. The fraction of sp³-hybridized carbons (Fsp3) is 0.522. The standard InChI is InChI=1S/C23H32N2O6/c1-5-14-30-19(27)18(15-16-8-10-17(26)11-9-16)24-20(28)23(12-6-7-13-23)25-21(29)31-22(2,3)4/h5,8-11,18,26H,1,6-7,12-15H2,2-4H3,(H,24,28)(H,25,29)/t18-/m0/s1. The number of amides is 2. The Morgan fingerprint density at radius 3 is 2.35 bits per heavy atom. The van der Waals surface area contributed by atoms with E-state index < -0.39 is 35.2 Å². The Morgan fingerprint density at radius 2 is 1.81 bits per heavy atom. The lowest BCUT2D eigenvalue weighted by atomic mass is 9.95. The molecule has 8 heteroatoms. The summed E-state index contributed by atoms with van der Waals surface area (Å²) in [6.45, 7) is 8.79. The van der Waals surface area contributed by atoms with Gasteiger partial charge in [-0.3, -0.25) is 4.79 Å². The zero-order valence-corrected chi connectivity index (χ0v) is 18.4. The number of esters is 1. The fourth-order valence-corrected chi connectivity index (χ4v) is 3.49. The normalized spacial score (nSPS) is 16.1. The largest absolute Gasteiger partial charge is 0.508 e. The van der Waals surface area contributed by atoms with Crippen LogP contribution in [0.5, 0.6) is 5.75 Å². The van der Waals surface area contributed by atoms with E-state index in [-0.39, 0.29) is 18.8 Å². The highest BCUT2D eigenvalue weighted by Crippen LogP contribution is 2.30. The number of rotatable bonds is 8. The molecule has 0 saturated heterocycles. The van der Waals surface area contributed by atoms with Crippen LogP contribution in [0.3, 0.4) is 0 Å². The van der Waals surface area contributed by atoms with Gasteiger partial charge in [-0.25, -0.2) is 9.59 Å². The van der Waals surface area contributed by atoms with Crippen molar-refractivity contribution < 1.29 is 29.0 Å². The fourth-order valence-electron chi connectivity index (χ4n) is 3.49. The van der Waals surface area contributed by atoms with E-state index in [1.807, 2.05) is 0 Å². The van der Waals surface area contributed by atoms with E-state index in [4.69, 9.17) is 9.47 Å². The molecule has 3 N–H and O–H groups in total. The second-order valence-corrected chi connectivity index (χ2v) is 8.73. The van der Waals surface area contributed by atoms with E-state index in [0.29, 0.717) is 12.8 Å². The van der Waals surface area contributed by atoms with Gasteiger partial charge in [0.05, 0.1) is 0 Å². The molecular weight excluding hydrogens is 400 g/mol. The molecule has 0 unspecified atom stereocenters. The van der Waals surface area contributed by atoms with Gasteiger partial charge in [-0.2, -0.15) is 0 Å². The molecule has 1 atom stereocenters. The Labute approximate surface area is 183 Å². The van der Waals surface area contributed by atoms with Crippen molar-refractivity contribution in [3.63, 3.8) is 0 Å². The molecule has 31 heavy (non-hydrogen) atoms. The van der Waals surface area contributed by atoms with Crippen molar-refractivity contribution in [1.82, 2.24) is 10.6 Å². The Hall–Kier alpha value is -3.03. The first-order chi connectivity index (χ1) is 14.5. The number of carbonyl (C=O) groups is 3. The van der Waals surface area contributed by atoms with Crippen molar-refractivity contribution in [2.75, 3.05) is 6.61 Å². The highest BCUT2D eigenvalue weighted by molar-refractivity contribution is 5.93. The topological polar surface area (TPSA) is 114 Å². The molecule has 0 bridgehead atoms. The molecule has 2 rings (SSSR count). The number of alkyl carbamates (subject to hydrolysis) is 1. The van der Waals surface area contributed by atoms with E-state index in [0.717, 1.165) is 18.4 Å². The number of nitrogens with one attached hydrogen (secondary N) is 2. The van der Waals surface area contributed by atoms with Gasteiger partial charge >= 0.3 is 12.1 Å². The van der Waals surface area contributed by atoms with Gasteiger partial charge in [0.1, 0.15) is 29.5 Å². The van der Waals surface area contributed by atoms with Crippen molar-refractivity contribution in [3.8, 4) is 5.75 Å². The van der Waals surface area contributed by atoms with Crippen LogP contribution in [0.2, 0.25) is 0 Å². The zero-order valence-electron chi connectivity index (χ0n) is 18.4. The zero-order chi connectivity index (χ0) is 23.1. The summed E-state index contributed by atoms with van der Waals surface area (Å²) in [5, 5.41) is 15.0. The molecule has 1 aliphatic carbocycles. The second kappa shape index (κ2) is 10.3. The third-order valence-electron chi connectivity index (χ3n) is 4.94. The van der Waals surface area contributed by atoms with Gasteiger partial charge in [0.15, 0.2) is 0 Å². The van der Waals surface area contributed by atoms with Gasteiger partial charge in [0.2, 0.25) is 5.91 Å². The average molecular weight is 433 g/mol. The van der Waals surface area contributed by atoms with Crippen molar-refractivity contribution in [2.24, 2.45) is 0 Å². The lowest BCUT2D eigenvalue weighted by molar-refractivity contribution is -0.147. The van der Waals surface area contributed by atoms with Crippen LogP contribution in [-0.4, -0.2) is 46.9 Å². The summed E-state index contributed by atoms with van der Waals surface area (Å²) in [5.74, 6) is -0.952. The number of hydrogen-bond donors (Lipinski definition) is 3. The maximum Gasteiger partial charge on any atom is 0.408 e. The molecular formula is C23H32N2O6. The Bertz CT molecular complexity index is 791. The molecule has 2 amide bonds. The number of phenols is 1. The molecule has 8 nitrogen and oxygen atoms in total. The third-order valence-corrected chi connectivity index (χ3v) is 4.94. The van der Waals surface area contributed by atoms with Crippen LogP contribution in [0.15, 0.2) is 36.9 Å². The number of hydrogen-bond acceptors (Lipinski definition) is 6. The molecule has 0 aromatic heterocycles. The summed E-state index contributed by atoms with van der Waals surface area (Å²) in [5.41, 5.74) is -1.11. The molecule has 1 fully saturated rings. The maximum absolute atomic E-state index is 13.3. The molecule has 170 valence electrons. The summed E-state index contributed by atoms with van der Waals surface area (Å²) in [6.07, 6.45) is 3.38. The summed E-state index contributed by atoms with van der Waals surface area (Å²) in [4.78, 5) is 38.2.